The first-order valence-corrected chi connectivity index (χ1v) is 6.30. The molecule has 0 fully saturated rings. The molecule has 1 aromatic heterocycles. The van der Waals surface area contributed by atoms with Gasteiger partial charge in [-0.3, -0.25) is 9.59 Å². The summed E-state index contributed by atoms with van der Waals surface area (Å²) in [5.74, 6) is 4.94. The Morgan fingerprint density at radius 3 is 2.86 bits per heavy atom. The molecule has 0 aliphatic heterocycles. The number of pyridine rings is 1. The maximum absolute atomic E-state index is 12.0. The van der Waals surface area contributed by atoms with E-state index in [4.69, 9.17) is 5.11 Å². The van der Waals surface area contributed by atoms with E-state index in [1.54, 1.807) is 12.1 Å². The van der Waals surface area contributed by atoms with E-state index in [2.05, 4.69) is 22.1 Å². The van der Waals surface area contributed by atoms with Crippen molar-refractivity contribution < 1.29 is 9.90 Å². The van der Waals surface area contributed by atoms with Gasteiger partial charge in [-0.15, -0.1) is 0 Å². The highest BCUT2D eigenvalue weighted by Crippen LogP contribution is 2.14. The maximum atomic E-state index is 12.0. The van der Waals surface area contributed by atoms with Crippen LogP contribution in [0.2, 0.25) is 0 Å². The minimum Gasteiger partial charge on any atom is -0.384 e. The van der Waals surface area contributed by atoms with Crippen LogP contribution >= 0.6 is 0 Å². The van der Waals surface area contributed by atoms with E-state index in [1.807, 2.05) is 13.0 Å². The summed E-state index contributed by atoms with van der Waals surface area (Å²) in [5.41, 5.74) is 2.05. The molecule has 2 aromatic rings. The fourth-order valence-electron chi connectivity index (χ4n) is 1.85. The molecule has 0 atom stereocenters. The SMILES string of the molecule is Cc1cc(C#CCO)cc(NC(=O)c2cccc(=O)[nH]2)c1. The van der Waals surface area contributed by atoms with Crippen LogP contribution in [0.5, 0.6) is 0 Å². The van der Waals surface area contributed by atoms with Gasteiger partial charge >= 0.3 is 0 Å². The van der Waals surface area contributed by atoms with Crippen LogP contribution in [0.3, 0.4) is 0 Å². The zero-order valence-corrected chi connectivity index (χ0v) is 11.4. The number of H-pyrrole nitrogens is 1. The van der Waals surface area contributed by atoms with E-state index >= 15 is 0 Å². The highest BCUT2D eigenvalue weighted by atomic mass is 16.2. The summed E-state index contributed by atoms with van der Waals surface area (Å²) in [7, 11) is 0. The molecule has 0 spiro atoms. The Labute approximate surface area is 121 Å². The third kappa shape index (κ3) is 4.06. The number of aliphatic hydroxyl groups is 1. The van der Waals surface area contributed by atoms with Gasteiger partial charge in [0.05, 0.1) is 0 Å². The van der Waals surface area contributed by atoms with Gasteiger partial charge in [-0.05, 0) is 36.8 Å². The quantitative estimate of drug-likeness (QED) is 0.726. The van der Waals surface area contributed by atoms with E-state index < -0.39 is 5.91 Å². The molecule has 2 rings (SSSR count). The second-order valence-corrected chi connectivity index (χ2v) is 4.43. The van der Waals surface area contributed by atoms with Gasteiger partial charge < -0.3 is 15.4 Å². The Morgan fingerprint density at radius 1 is 1.33 bits per heavy atom. The highest BCUT2D eigenvalue weighted by molar-refractivity contribution is 6.02. The summed E-state index contributed by atoms with van der Waals surface area (Å²) in [5, 5.41) is 11.4. The molecule has 1 heterocycles. The third-order valence-corrected chi connectivity index (χ3v) is 2.66. The number of hydrogen-bond donors (Lipinski definition) is 3. The Morgan fingerprint density at radius 2 is 2.14 bits per heavy atom. The van der Waals surface area contributed by atoms with Gasteiger partial charge in [0.25, 0.3) is 5.91 Å². The van der Waals surface area contributed by atoms with Crippen LogP contribution in [-0.4, -0.2) is 22.6 Å². The van der Waals surface area contributed by atoms with E-state index in [-0.39, 0.29) is 17.9 Å². The van der Waals surface area contributed by atoms with E-state index in [0.29, 0.717) is 11.3 Å². The number of carbonyl (C=O) groups excluding carboxylic acids is 1. The molecule has 0 unspecified atom stereocenters. The lowest BCUT2D eigenvalue weighted by atomic mass is 10.1. The highest BCUT2D eigenvalue weighted by Gasteiger charge is 2.07. The van der Waals surface area contributed by atoms with Crippen molar-refractivity contribution in [1.29, 1.82) is 0 Å². The largest absolute Gasteiger partial charge is 0.384 e. The number of rotatable bonds is 2. The molecule has 5 nitrogen and oxygen atoms in total. The van der Waals surface area contributed by atoms with Crippen LogP contribution in [0.25, 0.3) is 0 Å². The van der Waals surface area contributed by atoms with Gasteiger partial charge in [0.15, 0.2) is 0 Å². The Bertz CT molecular complexity index is 782. The minimum atomic E-state index is -0.403. The summed E-state index contributed by atoms with van der Waals surface area (Å²) >= 11 is 0. The van der Waals surface area contributed by atoms with Crippen molar-refractivity contribution in [2.45, 2.75) is 6.92 Å². The molecule has 1 aromatic carbocycles. The number of aromatic amines is 1. The van der Waals surface area contributed by atoms with Gasteiger partial charge in [-0.25, -0.2) is 0 Å². The topological polar surface area (TPSA) is 82.2 Å². The first-order chi connectivity index (χ1) is 10.1. The number of carbonyl (C=O) groups is 1. The molecular weight excluding hydrogens is 268 g/mol. The number of anilines is 1. The van der Waals surface area contributed by atoms with Crippen LogP contribution < -0.4 is 10.9 Å². The zero-order valence-electron chi connectivity index (χ0n) is 11.4. The number of aryl methyl sites for hydroxylation is 1. The zero-order chi connectivity index (χ0) is 15.2. The van der Waals surface area contributed by atoms with Crippen LogP contribution in [-0.2, 0) is 0 Å². The first kappa shape index (κ1) is 14.6. The first-order valence-electron chi connectivity index (χ1n) is 6.30. The average Bonchev–Trinajstić information content (AvgIpc) is 2.44. The molecule has 0 aliphatic rings. The van der Waals surface area contributed by atoms with Crippen LogP contribution in [0.4, 0.5) is 5.69 Å². The van der Waals surface area contributed by atoms with Crippen molar-refractivity contribution in [2.75, 3.05) is 11.9 Å². The van der Waals surface area contributed by atoms with E-state index in [0.717, 1.165) is 5.56 Å². The third-order valence-electron chi connectivity index (χ3n) is 2.66. The number of nitrogens with one attached hydrogen (secondary N) is 2. The van der Waals surface area contributed by atoms with Crippen LogP contribution in [0.1, 0.15) is 21.6 Å². The minimum absolute atomic E-state index is 0.187. The van der Waals surface area contributed by atoms with Crippen molar-refractivity contribution >= 4 is 11.6 Å². The van der Waals surface area contributed by atoms with Crippen molar-refractivity contribution in [1.82, 2.24) is 4.98 Å². The summed E-state index contributed by atoms with van der Waals surface area (Å²) in [6, 6.07) is 9.73. The normalized spacial score (nSPS) is 9.62. The molecule has 0 saturated heterocycles. The molecule has 0 aliphatic carbocycles. The predicted molar refractivity (Wildman–Crippen MR) is 80.2 cm³/mol. The fraction of sp³-hybridized carbons (Fsp3) is 0.125. The fourth-order valence-corrected chi connectivity index (χ4v) is 1.85. The molecule has 0 bridgehead atoms. The van der Waals surface area contributed by atoms with E-state index in [9.17, 15) is 9.59 Å². The number of hydrogen-bond acceptors (Lipinski definition) is 3. The second-order valence-electron chi connectivity index (χ2n) is 4.43. The van der Waals surface area contributed by atoms with Gasteiger partial charge in [-0.1, -0.05) is 17.9 Å². The van der Waals surface area contributed by atoms with Gasteiger partial charge in [0.2, 0.25) is 5.56 Å². The number of aromatic nitrogens is 1. The maximum Gasteiger partial charge on any atom is 0.272 e. The predicted octanol–water partition coefficient (Wildman–Crippen LogP) is 1.28. The van der Waals surface area contributed by atoms with Crippen LogP contribution in [0.15, 0.2) is 41.2 Å². The number of amides is 1. The number of aliphatic hydroxyl groups excluding tert-OH is 1. The van der Waals surface area contributed by atoms with Crippen molar-refractivity contribution in [3.05, 3.63) is 63.6 Å². The molecule has 1 amide bonds. The molecule has 0 saturated carbocycles. The van der Waals surface area contributed by atoms with Gasteiger partial charge in [0.1, 0.15) is 12.3 Å². The second kappa shape index (κ2) is 6.55. The summed E-state index contributed by atoms with van der Waals surface area (Å²) in [6.07, 6.45) is 0. The summed E-state index contributed by atoms with van der Waals surface area (Å²) < 4.78 is 0. The van der Waals surface area contributed by atoms with E-state index in [1.165, 1.54) is 18.2 Å². The van der Waals surface area contributed by atoms with Gasteiger partial charge in [-0.2, -0.15) is 0 Å². The lowest BCUT2D eigenvalue weighted by molar-refractivity contribution is 0.102. The van der Waals surface area contributed by atoms with Crippen molar-refractivity contribution in [3.63, 3.8) is 0 Å². The smallest absolute Gasteiger partial charge is 0.272 e. The molecule has 5 heteroatoms. The summed E-state index contributed by atoms with van der Waals surface area (Å²) in [6.45, 7) is 1.66. The lowest BCUT2D eigenvalue weighted by Crippen LogP contribution is -2.18. The van der Waals surface area contributed by atoms with Crippen LogP contribution in [0, 0.1) is 18.8 Å². The lowest BCUT2D eigenvalue weighted by Gasteiger charge is -2.07. The summed E-state index contributed by atoms with van der Waals surface area (Å²) in [4.78, 5) is 25.7. The molecule has 106 valence electrons. The molecule has 3 N–H and O–H groups in total. The molecule has 21 heavy (non-hydrogen) atoms. The Balaban J connectivity index is 2.25. The van der Waals surface area contributed by atoms with Crippen molar-refractivity contribution in [3.8, 4) is 11.8 Å². The van der Waals surface area contributed by atoms with Gasteiger partial charge in [0, 0.05) is 17.3 Å². The molecule has 0 radical (unpaired) electrons. The Hall–Kier alpha value is -2.84. The standard InChI is InChI=1S/C16H14N2O3/c1-11-8-12(4-3-7-19)10-13(9-11)17-16(21)14-5-2-6-15(20)18-14/h2,5-6,8-10,19H,7H2,1H3,(H,17,21)(H,18,20). The Kier molecular flexibility index (Phi) is 4.54. The molecular formula is C16H14N2O3. The van der Waals surface area contributed by atoms with Crippen molar-refractivity contribution in [2.24, 2.45) is 0 Å². The average molecular weight is 282 g/mol. The monoisotopic (exact) mass is 282 g/mol. The number of benzene rings is 1.